The second kappa shape index (κ2) is 6.41. The number of H-pyrrole nitrogens is 1. The van der Waals surface area contributed by atoms with Crippen LogP contribution in [0.2, 0.25) is 0 Å². The van der Waals surface area contributed by atoms with Gasteiger partial charge in [-0.3, -0.25) is 9.89 Å². The Kier molecular flexibility index (Phi) is 4.38. The van der Waals surface area contributed by atoms with Gasteiger partial charge in [-0.25, -0.2) is 14.8 Å². The maximum absolute atomic E-state index is 11.8. The van der Waals surface area contributed by atoms with E-state index in [2.05, 4.69) is 25.5 Å². The van der Waals surface area contributed by atoms with E-state index >= 15 is 0 Å². The average molecular weight is 275 g/mol. The minimum absolute atomic E-state index is 0.0909. The zero-order valence-electron chi connectivity index (χ0n) is 10.5. The molecule has 0 atom stereocenters. The number of nitrogens with one attached hydrogen (secondary N) is 2. The van der Waals surface area contributed by atoms with E-state index in [9.17, 15) is 9.59 Å². The molecule has 3 N–H and O–H groups in total. The maximum Gasteiger partial charge on any atom is 0.354 e. The number of aromatic amines is 1. The van der Waals surface area contributed by atoms with Crippen molar-refractivity contribution in [2.75, 3.05) is 6.54 Å². The number of rotatable bonds is 6. The zero-order valence-corrected chi connectivity index (χ0v) is 10.5. The van der Waals surface area contributed by atoms with Gasteiger partial charge in [0.15, 0.2) is 0 Å². The van der Waals surface area contributed by atoms with Crippen molar-refractivity contribution in [2.45, 2.75) is 12.8 Å². The lowest BCUT2D eigenvalue weighted by atomic mass is 10.2. The summed E-state index contributed by atoms with van der Waals surface area (Å²) >= 11 is 0. The SMILES string of the molecule is O=C(NCCCc1ncn[nH]1)c1ccc(C(=O)O)nc1. The van der Waals surface area contributed by atoms with Crippen LogP contribution in [-0.4, -0.2) is 43.7 Å². The molecule has 0 spiro atoms. The number of aromatic nitrogens is 4. The first-order valence-electron chi connectivity index (χ1n) is 5.98. The van der Waals surface area contributed by atoms with Crippen LogP contribution >= 0.6 is 0 Å². The highest BCUT2D eigenvalue weighted by molar-refractivity contribution is 5.94. The Morgan fingerprint density at radius 1 is 1.30 bits per heavy atom. The molecule has 1 amide bonds. The normalized spacial score (nSPS) is 10.2. The van der Waals surface area contributed by atoms with E-state index in [1.807, 2.05) is 0 Å². The number of pyridine rings is 1. The summed E-state index contributed by atoms with van der Waals surface area (Å²) < 4.78 is 0. The summed E-state index contributed by atoms with van der Waals surface area (Å²) in [5, 5.41) is 17.9. The fourth-order valence-corrected chi connectivity index (χ4v) is 1.57. The Labute approximate surface area is 114 Å². The van der Waals surface area contributed by atoms with Gasteiger partial charge >= 0.3 is 5.97 Å². The number of carboxylic acid groups (broad SMARTS) is 1. The lowest BCUT2D eigenvalue weighted by molar-refractivity contribution is 0.0689. The van der Waals surface area contributed by atoms with Gasteiger partial charge in [-0.1, -0.05) is 0 Å². The fourth-order valence-electron chi connectivity index (χ4n) is 1.57. The number of carbonyl (C=O) groups excluding carboxylic acids is 1. The summed E-state index contributed by atoms with van der Waals surface area (Å²) in [5.41, 5.74) is 0.238. The lowest BCUT2D eigenvalue weighted by Gasteiger charge is -2.04. The van der Waals surface area contributed by atoms with Gasteiger partial charge in [0, 0.05) is 19.2 Å². The van der Waals surface area contributed by atoms with E-state index in [0.717, 1.165) is 12.2 Å². The third-order valence-corrected chi connectivity index (χ3v) is 2.59. The van der Waals surface area contributed by atoms with Crippen molar-refractivity contribution >= 4 is 11.9 Å². The molecule has 0 saturated heterocycles. The quantitative estimate of drug-likeness (QED) is 0.650. The van der Waals surface area contributed by atoms with Gasteiger partial charge in [0.1, 0.15) is 17.8 Å². The first-order valence-corrected chi connectivity index (χ1v) is 5.98. The molecule has 2 heterocycles. The Bertz CT molecular complexity index is 580. The number of amides is 1. The van der Waals surface area contributed by atoms with Gasteiger partial charge in [-0.15, -0.1) is 0 Å². The third kappa shape index (κ3) is 3.61. The van der Waals surface area contributed by atoms with Gasteiger partial charge in [-0.05, 0) is 18.6 Å². The number of aryl methyl sites for hydroxylation is 1. The van der Waals surface area contributed by atoms with E-state index in [0.29, 0.717) is 18.5 Å². The molecule has 0 unspecified atom stereocenters. The third-order valence-electron chi connectivity index (χ3n) is 2.59. The number of carbonyl (C=O) groups is 2. The zero-order chi connectivity index (χ0) is 14.4. The standard InChI is InChI=1S/C12H13N5O3/c18-11(8-3-4-9(12(19)20)14-6-8)13-5-1-2-10-15-7-16-17-10/h3-4,6-7H,1-2,5H2,(H,13,18)(H,19,20)(H,15,16,17). The van der Waals surface area contributed by atoms with Gasteiger partial charge in [-0.2, -0.15) is 5.10 Å². The monoisotopic (exact) mass is 275 g/mol. The largest absolute Gasteiger partial charge is 0.477 e. The van der Waals surface area contributed by atoms with E-state index in [4.69, 9.17) is 5.11 Å². The predicted octanol–water partition coefficient (Wildman–Crippen LogP) is 0.260. The van der Waals surface area contributed by atoms with Gasteiger partial charge in [0.2, 0.25) is 0 Å². The van der Waals surface area contributed by atoms with Crippen LogP contribution < -0.4 is 5.32 Å². The number of carboxylic acids is 1. The molecule has 0 aliphatic rings. The van der Waals surface area contributed by atoms with Gasteiger partial charge < -0.3 is 10.4 Å². The number of hydrogen-bond donors (Lipinski definition) is 3. The Hall–Kier alpha value is -2.77. The molecule has 2 aromatic rings. The van der Waals surface area contributed by atoms with E-state index in [1.165, 1.54) is 24.7 Å². The molecule has 0 fully saturated rings. The minimum Gasteiger partial charge on any atom is -0.477 e. The Balaban J connectivity index is 1.78. The first-order chi connectivity index (χ1) is 9.66. The Morgan fingerprint density at radius 2 is 2.15 bits per heavy atom. The molecule has 104 valence electrons. The molecule has 8 nitrogen and oxygen atoms in total. The molecule has 8 heteroatoms. The van der Waals surface area contributed by atoms with Crippen LogP contribution in [0.15, 0.2) is 24.7 Å². The van der Waals surface area contributed by atoms with Crippen molar-refractivity contribution < 1.29 is 14.7 Å². The maximum atomic E-state index is 11.8. The highest BCUT2D eigenvalue weighted by Crippen LogP contribution is 2.01. The fraction of sp³-hybridized carbons (Fsp3) is 0.250. The summed E-state index contributed by atoms with van der Waals surface area (Å²) in [4.78, 5) is 30.0. The van der Waals surface area contributed by atoms with Crippen molar-refractivity contribution in [1.82, 2.24) is 25.5 Å². The molecule has 2 rings (SSSR count). The summed E-state index contributed by atoms with van der Waals surface area (Å²) in [6.07, 6.45) is 4.09. The van der Waals surface area contributed by atoms with Crippen LogP contribution in [0.4, 0.5) is 0 Å². The van der Waals surface area contributed by atoms with Crippen molar-refractivity contribution in [2.24, 2.45) is 0 Å². The Morgan fingerprint density at radius 3 is 2.75 bits per heavy atom. The van der Waals surface area contributed by atoms with E-state index in [1.54, 1.807) is 0 Å². The molecule has 0 bridgehead atoms. The molecule has 0 saturated carbocycles. The first kappa shape index (κ1) is 13.7. The minimum atomic E-state index is -1.12. The predicted molar refractivity (Wildman–Crippen MR) is 68.2 cm³/mol. The highest BCUT2D eigenvalue weighted by Gasteiger charge is 2.08. The molecule has 0 aliphatic heterocycles. The average Bonchev–Trinajstić information content (AvgIpc) is 2.96. The van der Waals surface area contributed by atoms with Crippen LogP contribution in [-0.2, 0) is 6.42 Å². The van der Waals surface area contributed by atoms with E-state index in [-0.39, 0.29) is 11.6 Å². The topological polar surface area (TPSA) is 121 Å². The van der Waals surface area contributed by atoms with Gasteiger partial charge in [0.25, 0.3) is 5.91 Å². The van der Waals surface area contributed by atoms with Crippen LogP contribution in [0.3, 0.4) is 0 Å². The van der Waals surface area contributed by atoms with Crippen molar-refractivity contribution in [3.63, 3.8) is 0 Å². The summed E-state index contributed by atoms with van der Waals surface area (Å²) in [6, 6.07) is 2.73. The second-order valence-corrected chi connectivity index (χ2v) is 4.03. The van der Waals surface area contributed by atoms with Crippen molar-refractivity contribution in [3.8, 4) is 0 Å². The second-order valence-electron chi connectivity index (χ2n) is 4.03. The molecular weight excluding hydrogens is 262 g/mol. The molecule has 0 radical (unpaired) electrons. The highest BCUT2D eigenvalue weighted by atomic mass is 16.4. The molecule has 20 heavy (non-hydrogen) atoms. The van der Waals surface area contributed by atoms with Crippen LogP contribution in [0, 0.1) is 0 Å². The molecule has 2 aromatic heterocycles. The number of nitrogens with zero attached hydrogens (tertiary/aromatic N) is 3. The van der Waals surface area contributed by atoms with Crippen LogP contribution in [0.1, 0.15) is 33.1 Å². The van der Waals surface area contributed by atoms with Gasteiger partial charge in [0.05, 0.1) is 5.56 Å². The lowest BCUT2D eigenvalue weighted by Crippen LogP contribution is -2.25. The molecule has 0 aliphatic carbocycles. The molecule has 0 aromatic carbocycles. The summed E-state index contributed by atoms with van der Waals surface area (Å²) in [7, 11) is 0. The number of hydrogen-bond acceptors (Lipinski definition) is 5. The van der Waals surface area contributed by atoms with Crippen molar-refractivity contribution in [3.05, 3.63) is 41.7 Å². The van der Waals surface area contributed by atoms with E-state index < -0.39 is 5.97 Å². The number of aromatic carboxylic acids is 1. The molecular formula is C12H13N5O3. The van der Waals surface area contributed by atoms with Crippen LogP contribution in [0.5, 0.6) is 0 Å². The van der Waals surface area contributed by atoms with Crippen molar-refractivity contribution in [1.29, 1.82) is 0 Å². The van der Waals surface area contributed by atoms with Crippen LogP contribution in [0.25, 0.3) is 0 Å². The smallest absolute Gasteiger partial charge is 0.354 e. The summed E-state index contributed by atoms with van der Waals surface area (Å²) in [5.74, 6) is -0.636. The summed E-state index contributed by atoms with van der Waals surface area (Å²) in [6.45, 7) is 0.486.